The Morgan fingerprint density at radius 3 is 2.45 bits per heavy atom. The first-order valence-electron chi connectivity index (χ1n) is 7.14. The van der Waals surface area contributed by atoms with Crippen LogP contribution in [0.25, 0.3) is 0 Å². The van der Waals surface area contributed by atoms with Crippen molar-refractivity contribution < 1.29 is 9.59 Å². The minimum Gasteiger partial charge on any atom is -0.389 e. The van der Waals surface area contributed by atoms with Crippen LogP contribution in [-0.2, 0) is 9.59 Å². The highest BCUT2D eigenvalue weighted by Gasteiger charge is 2.20. The summed E-state index contributed by atoms with van der Waals surface area (Å²) in [5, 5.41) is 2.84. The fraction of sp³-hybridized carbons (Fsp3) is 0.400. The summed E-state index contributed by atoms with van der Waals surface area (Å²) in [4.78, 5) is 27.5. The van der Waals surface area contributed by atoms with Crippen molar-refractivity contribution in [1.29, 1.82) is 0 Å². The van der Waals surface area contributed by atoms with Gasteiger partial charge in [-0.05, 0) is 12.1 Å². The van der Waals surface area contributed by atoms with Crippen molar-refractivity contribution in [3.8, 4) is 0 Å². The van der Waals surface area contributed by atoms with Gasteiger partial charge in [-0.1, -0.05) is 24.4 Å². The van der Waals surface area contributed by atoms with Crippen LogP contribution in [0, 0.1) is 0 Å². The predicted molar refractivity (Wildman–Crippen MR) is 89.7 cm³/mol. The predicted octanol–water partition coefficient (Wildman–Crippen LogP) is 0.423. The van der Waals surface area contributed by atoms with E-state index in [1.807, 2.05) is 17.0 Å². The van der Waals surface area contributed by atoms with E-state index in [4.69, 9.17) is 18.0 Å². The van der Waals surface area contributed by atoms with Gasteiger partial charge in [0.15, 0.2) is 0 Å². The van der Waals surface area contributed by atoms with E-state index in [9.17, 15) is 9.59 Å². The Hall–Kier alpha value is -1.99. The lowest BCUT2D eigenvalue weighted by molar-refractivity contribution is -0.130. The Labute approximate surface area is 135 Å². The summed E-state index contributed by atoms with van der Waals surface area (Å²) in [6, 6.07) is 7.21. The van der Waals surface area contributed by atoms with Gasteiger partial charge in [0, 0.05) is 38.7 Å². The van der Waals surface area contributed by atoms with E-state index in [1.165, 1.54) is 0 Å². The zero-order valence-electron chi connectivity index (χ0n) is 12.5. The number of thiocarbonyl (C=S) groups is 1. The van der Waals surface area contributed by atoms with E-state index < -0.39 is 0 Å². The number of carbonyl (C=O) groups is 2. The van der Waals surface area contributed by atoms with Crippen LogP contribution in [0.3, 0.4) is 0 Å². The molecule has 118 valence electrons. The Morgan fingerprint density at radius 1 is 1.23 bits per heavy atom. The molecule has 7 heteroatoms. The van der Waals surface area contributed by atoms with Crippen LogP contribution >= 0.6 is 12.2 Å². The highest BCUT2D eigenvalue weighted by atomic mass is 32.1. The Balaban J connectivity index is 1.89. The molecule has 1 aromatic rings. The first kappa shape index (κ1) is 16.4. The lowest BCUT2D eigenvalue weighted by atomic mass is 10.2. The lowest BCUT2D eigenvalue weighted by Crippen LogP contribution is -2.49. The van der Waals surface area contributed by atoms with Crippen LogP contribution < -0.4 is 11.1 Å². The van der Waals surface area contributed by atoms with Gasteiger partial charge in [0.1, 0.15) is 4.99 Å². The zero-order valence-corrected chi connectivity index (χ0v) is 13.4. The molecule has 1 aliphatic heterocycles. The molecule has 1 aliphatic rings. The molecule has 1 fully saturated rings. The van der Waals surface area contributed by atoms with E-state index in [1.54, 1.807) is 24.0 Å². The maximum Gasteiger partial charge on any atom is 0.238 e. The minimum absolute atomic E-state index is 0.0782. The molecule has 0 aromatic heterocycles. The molecule has 0 radical (unpaired) electrons. The number of anilines is 1. The Bertz CT molecular complexity index is 583. The van der Waals surface area contributed by atoms with Gasteiger partial charge in [0.25, 0.3) is 0 Å². The van der Waals surface area contributed by atoms with E-state index in [2.05, 4.69) is 5.32 Å². The normalized spacial score (nSPS) is 15.4. The van der Waals surface area contributed by atoms with Gasteiger partial charge in [-0.3, -0.25) is 14.5 Å². The maximum atomic E-state index is 12.2. The van der Waals surface area contributed by atoms with Gasteiger partial charge in [-0.2, -0.15) is 0 Å². The third-order valence-corrected chi connectivity index (χ3v) is 3.87. The zero-order chi connectivity index (χ0) is 16.1. The summed E-state index contributed by atoms with van der Waals surface area (Å²) in [7, 11) is 0. The van der Waals surface area contributed by atoms with Gasteiger partial charge in [-0.25, -0.2) is 0 Å². The van der Waals surface area contributed by atoms with Crippen LogP contribution in [0.2, 0.25) is 0 Å². The van der Waals surface area contributed by atoms with Crippen molar-refractivity contribution in [2.75, 3.05) is 38.0 Å². The summed E-state index contributed by atoms with van der Waals surface area (Å²) in [6.45, 7) is 4.57. The number of hydrogen-bond acceptors (Lipinski definition) is 4. The minimum atomic E-state index is -0.111. The molecule has 22 heavy (non-hydrogen) atoms. The molecular formula is C15H20N4O2S. The summed E-state index contributed by atoms with van der Waals surface area (Å²) in [5.41, 5.74) is 6.94. The van der Waals surface area contributed by atoms with Crippen LogP contribution in [0.15, 0.2) is 24.3 Å². The number of hydrogen-bond donors (Lipinski definition) is 2. The SMILES string of the molecule is CC(=O)N1CCN(CC(=O)Nc2ccccc2C(N)=S)CC1. The topological polar surface area (TPSA) is 78.7 Å². The van der Waals surface area contributed by atoms with Gasteiger partial charge >= 0.3 is 0 Å². The maximum absolute atomic E-state index is 12.2. The number of benzene rings is 1. The quantitative estimate of drug-likeness (QED) is 0.786. The first-order valence-corrected chi connectivity index (χ1v) is 7.54. The van der Waals surface area contributed by atoms with Gasteiger partial charge < -0.3 is 16.0 Å². The number of nitrogens with two attached hydrogens (primary N) is 1. The highest BCUT2D eigenvalue weighted by Crippen LogP contribution is 2.14. The molecule has 2 amide bonds. The van der Waals surface area contributed by atoms with Gasteiger partial charge in [0.05, 0.1) is 12.2 Å². The Morgan fingerprint density at radius 2 is 1.86 bits per heavy atom. The van der Waals surface area contributed by atoms with Gasteiger partial charge in [-0.15, -0.1) is 0 Å². The van der Waals surface area contributed by atoms with Crippen LogP contribution in [0.1, 0.15) is 12.5 Å². The summed E-state index contributed by atoms with van der Waals surface area (Å²) >= 11 is 4.98. The number of carbonyl (C=O) groups excluding carboxylic acids is 2. The smallest absolute Gasteiger partial charge is 0.238 e. The number of para-hydroxylation sites is 1. The van der Waals surface area contributed by atoms with Gasteiger partial charge in [0.2, 0.25) is 11.8 Å². The molecule has 0 bridgehead atoms. The third-order valence-electron chi connectivity index (χ3n) is 3.65. The standard InChI is InChI=1S/C15H20N4O2S/c1-11(20)19-8-6-18(7-9-19)10-14(21)17-13-5-3-2-4-12(13)15(16)22/h2-5H,6-10H2,1H3,(H2,16,22)(H,17,21). The molecule has 3 N–H and O–H groups in total. The number of nitrogens with zero attached hydrogens (tertiary/aromatic N) is 2. The fourth-order valence-electron chi connectivity index (χ4n) is 2.42. The van der Waals surface area contributed by atoms with Crippen LogP contribution in [0.5, 0.6) is 0 Å². The van der Waals surface area contributed by atoms with Crippen molar-refractivity contribution in [2.24, 2.45) is 5.73 Å². The van der Waals surface area contributed by atoms with Crippen molar-refractivity contribution in [3.05, 3.63) is 29.8 Å². The van der Waals surface area contributed by atoms with Crippen LogP contribution in [0.4, 0.5) is 5.69 Å². The second kappa shape index (κ2) is 7.33. The largest absolute Gasteiger partial charge is 0.389 e. The average molecular weight is 320 g/mol. The second-order valence-corrected chi connectivity index (χ2v) is 5.68. The third kappa shape index (κ3) is 4.25. The van der Waals surface area contributed by atoms with Crippen molar-refractivity contribution in [3.63, 3.8) is 0 Å². The number of piperazine rings is 1. The monoisotopic (exact) mass is 320 g/mol. The van der Waals surface area contributed by atoms with E-state index >= 15 is 0 Å². The Kier molecular flexibility index (Phi) is 5.46. The highest BCUT2D eigenvalue weighted by molar-refractivity contribution is 7.80. The summed E-state index contributed by atoms with van der Waals surface area (Å²) in [6.07, 6.45) is 0. The van der Waals surface area contributed by atoms with Crippen LogP contribution in [-0.4, -0.2) is 59.3 Å². The number of nitrogens with one attached hydrogen (secondary N) is 1. The fourth-order valence-corrected chi connectivity index (χ4v) is 2.60. The average Bonchev–Trinajstić information content (AvgIpc) is 2.48. The molecular weight excluding hydrogens is 300 g/mol. The van der Waals surface area contributed by atoms with E-state index in [-0.39, 0.29) is 23.3 Å². The molecule has 1 aromatic carbocycles. The summed E-state index contributed by atoms with van der Waals surface area (Å²) < 4.78 is 0. The van der Waals surface area contributed by atoms with Crippen molar-refractivity contribution in [2.45, 2.75) is 6.92 Å². The number of amides is 2. The molecule has 0 unspecified atom stereocenters. The molecule has 0 aliphatic carbocycles. The molecule has 1 heterocycles. The molecule has 2 rings (SSSR count). The number of rotatable bonds is 4. The van der Waals surface area contributed by atoms with Crippen molar-refractivity contribution >= 4 is 34.7 Å². The first-order chi connectivity index (χ1) is 10.5. The second-order valence-electron chi connectivity index (χ2n) is 5.24. The molecule has 1 saturated heterocycles. The van der Waals surface area contributed by atoms with E-state index in [0.29, 0.717) is 37.4 Å². The van der Waals surface area contributed by atoms with Crippen molar-refractivity contribution in [1.82, 2.24) is 9.80 Å². The molecule has 6 nitrogen and oxygen atoms in total. The molecule has 0 spiro atoms. The molecule has 0 saturated carbocycles. The lowest BCUT2D eigenvalue weighted by Gasteiger charge is -2.33. The molecule has 0 atom stereocenters. The van der Waals surface area contributed by atoms with E-state index in [0.717, 1.165) is 0 Å². The summed E-state index contributed by atoms with van der Waals surface area (Å²) in [5.74, 6) is -0.0329.